The summed E-state index contributed by atoms with van der Waals surface area (Å²) in [5.74, 6) is 0.882. The van der Waals surface area contributed by atoms with Crippen molar-refractivity contribution in [3.63, 3.8) is 0 Å². The number of hydrogen-bond acceptors (Lipinski definition) is 4. The summed E-state index contributed by atoms with van der Waals surface area (Å²) in [7, 11) is 0. The number of nitrogens with zero attached hydrogens (tertiary/aromatic N) is 3. The Morgan fingerprint density at radius 1 is 1.07 bits per heavy atom. The van der Waals surface area contributed by atoms with Crippen molar-refractivity contribution in [1.29, 1.82) is 0 Å². The lowest BCUT2D eigenvalue weighted by Gasteiger charge is -2.34. The molecule has 1 amide bonds. The lowest BCUT2D eigenvalue weighted by atomic mass is 9.86. The topological polar surface area (TPSA) is 36.4 Å². The van der Waals surface area contributed by atoms with Gasteiger partial charge in [0.25, 0.3) is 0 Å². The van der Waals surface area contributed by atoms with Crippen LogP contribution in [0.4, 0.5) is 4.39 Å². The van der Waals surface area contributed by atoms with E-state index >= 15 is 0 Å². The van der Waals surface area contributed by atoms with E-state index in [0.717, 1.165) is 67.7 Å². The molecular formula is C23H30FN3OS. The Hall–Kier alpha value is -1.79. The van der Waals surface area contributed by atoms with Crippen molar-refractivity contribution in [3.05, 3.63) is 40.5 Å². The quantitative estimate of drug-likeness (QED) is 0.669. The number of halogens is 1. The van der Waals surface area contributed by atoms with Crippen molar-refractivity contribution in [2.75, 3.05) is 26.2 Å². The van der Waals surface area contributed by atoms with E-state index in [1.807, 2.05) is 10.3 Å². The van der Waals surface area contributed by atoms with Crippen LogP contribution >= 0.6 is 11.3 Å². The Balaban J connectivity index is 1.21. The van der Waals surface area contributed by atoms with Gasteiger partial charge >= 0.3 is 0 Å². The minimum absolute atomic E-state index is 0.227. The fourth-order valence-corrected chi connectivity index (χ4v) is 5.29. The molecule has 1 aliphatic carbocycles. The van der Waals surface area contributed by atoms with Crippen molar-refractivity contribution in [1.82, 2.24) is 14.8 Å². The van der Waals surface area contributed by atoms with Crippen molar-refractivity contribution in [2.45, 2.75) is 51.5 Å². The van der Waals surface area contributed by atoms with Crippen LogP contribution in [0, 0.1) is 11.7 Å². The number of amides is 1. The van der Waals surface area contributed by atoms with E-state index in [1.165, 1.54) is 44.2 Å². The molecule has 2 heterocycles. The molecule has 156 valence electrons. The van der Waals surface area contributed by atoms with E-state index in [0.29, 0.717) is 5.91 Å². The maximum Gasteiger partial charge on any atom is 0.222 e. The SMILES string of the molecule is O=C(CCC1CCCCC1)N1CCN(Cc2nc(-c3ccc(F)cc3)cs2)CC1. The average Bonchev–Trinajstić information content (AvgIpc) is 3.22. The first-order valence-electron chi connectivity index (χ1n) is 10.9. The van der Waals surface area contributed by atoms with Crippen molar-refractivity contribution in [3.8, 4) is 11.3 Å². The summed E-state index contributed by atoms with van der Waals surface area (Å²) in [6.07, 6.45) is 8.48. The largest absolute Gasteiger partial charge is 0.340 e. The van der Waals surface area contributed by atoms with Crippen LogP contribution in [0.5, 0.6) is 0 Å². The summed E-state index contributed by atoms with van der Waals surface area (Å²) in [6.45, 7) is 4.26. The second kappa shape index (κ2) is 9.81. The predicted octanol–water partition coefficient (Wildman–Crippen LogP) is 4.95. The van der Waals surface area contributed by atoms with Crippen LogP contribution in [-0.2, 0) is 11.3 Å². The molecule has 6 heteroatoms. The fraction of sp³-hybridized carbons (Fsp3) is 0.565. The van der Waals surface area contributed by atoms with Crippen LogP contribution in [-0.4, -0.2) is 46.9 Å². The van der Waals surface area contributed by atoms with Gasteiger partial charge in [-0.15, -0.1) is 11.3 Å². The van der Waals surface area contributed by atoms with Gasteiger partial charge in [-0.2, -0.15) is 0 Å². The number of carbonyl (C=O) groups excluding carboxylic acids is 1. The third-order valence-corrected chi connectivity index (χ3v) is 7.10. The molecule has 2 fully saturated rings. The number of rotatable bonds is 6. The van der Waals surface area contributed by atoms with Crippen LogP contribution in [0.15, 0.2) is 29.6 Å². The van der Waals surface area contributed by atoms with Crippen LogP contribution in [0.1, 0.15) is 50.0 Å². The summed E-state index contributed by atoms with van der Waals surface area (Å²) < 4.78 is 13.1. The minimum Gasteiger partial charge on any atom is -0.340 e. The number of hydrogen-bond donors (Lipinski definition) is 0. The molecule has 2 aliphatic rings. The number of benzene rings is 1. The Morgan fingerprint density at radius 2 is 1.79 bits per heavy atom. The van der Waals surface area contributed by atoms with E-state index < -0.39 is 0 Å². The van der Waals surface area contributed by atoms with Gasteiger partial charge in [-0.3, -0.25) is 9.69 Å². The highest BCUT2D eigenvalue weighted by molar-refractivity contribution is 7.09. The lowest BCUT2D eigenvalue weighted by molar-refractivity contribution is -0.133. The monoisotopic (exact) mass is 415 g/mol. The highest BCUT2D eigenvalue weighted by Gasteiger charge is 2.23. The number of thiazole rings is 1. The zero-order valence-corrected chi connectivity index (χ0v) is 17.8. The molecule has 1 saturated heterocycles. The van der Waals surface area contributed by atoms with E-state index in [9.17, 15) is 9.18 Å². The third kappa shape index (κ3) is 5.64. The molecule has 1 aromatic carbocycles. The molecule has 4 rings (SSSR count). The summed E-state index contributed by atoms with van der Waals surface area (Å²) >= 11 is 1.65. The molecule has 0 spiro atoms. The van der Waals surface area contributed by atoms with Crippen LogP contribution in [0.3, 0.4) is 0 Å². The second-order valence-electron chi connectivity index (χ2n) is 8.33. The first-order chi connectivity index (χ1) is 14.2. The summed E-state index contributed by atoms with van der Waals surface area (Å²) in [5, 5.41) is 3.11. The zero-order valence-electron chi connectivity index (χ0n) is 17.0. The van der Waals surface area contributed by atoms with Gasteiger partial charge in [0.2, 0.25) is 5.91 Å². The molecule has 2 aromatic rings. The molecule has 29 heavy (non-hydrogen) atoms. The van der Waals surface area contributed by atoms with Gasteiger partial charge in [0.05, 0.1) is 12.2 Å². The Morgan fingerprint density at radius 3 is 2.52 bits per heavy atom. The average molecular weight is 416 g/mol. The number of carbonyl (C=O) groups is 1. The van der Waals surface area contributed by atoms with E-state index in [2.05, 4.69) is 4.90 Å². The second-order valence-corrected chi connectivity index (χ2v) is 9.28. The van der Waals surface area contributed by atoms with E-state index in [1.54, 1.807) is 23.5 Å². The molecule has 0 radical (unpaired) electrons. The molecule has 0 atom stereocenters. The molecule has 1 aromatic heterocycles. The van der Waals surface area contributed by atoms with Gasteiger partial charge in [0.15, 0.2) is 0 Å². The van der Waals surface area contributed by atoms with Gasteiger partial charge in [-0.25, -0.2) is 9.37 Å². The zero-order chi connectivity index (χ0) is 20.1. The van der Waals surface area contributed by atoms with Gasteiger partial charge in [0.1, 0.15) is 10.8 Å². The van der Waals surface area contributed by atoms with Crippen molar-refractivity contribution in [2.24, 2.45) is 5.92 Å². The molecule has 0 unspecified atom stereocenters. The van der Waals surface area contributed by atoms with Crippen LogP contribution in [0.25, 0.3) is 11.3 Å². The molecule has 0 N–H and O–H groups in total. The number of piperazine rings is 1. The Kier molecular flexibility index (Phi) is 6.93. The summed E-state index contributed by atoms with van der Waals surface area (Å²) in [4.78, 5) is 21.7. The van der Waals surface area contributed by atoms with Gasteiger partial charge < -0.3 is 4.90 Å². The standard InChI is InChI=1S/C23H30FN3OS/c24-20-9-7-19(8-10-20)21-17-29-22(25-21)16-26-12-14-27(15-13-26)23(28)11-6-18-4-2-1-3-5-18/h7-10,17-18H,1-6,11-16H2. The van der Waals surface area contributed by atoms with E-state index in [4.69, 9.17) is 4.98 Å². The smallest absolute Gasteiger partial charge is 0.222 e. The summed E-state index contributed by atoms with van der Waals surface area (Å²) in [6, 6.07) is 6.48. The van der Waals surface area contributed by atoms with Gasteiger partial charge in [0, 0.05) is 43.5 Å². The molecule has 0 bridgehead atoms. The van der Waals surface area contributed by atoms with Crippen molar-refractivity contribution >= 4 is 17.2 Å². The van der Waals surface area contributed by atoms with Crippen molar-refractivity contribution < 1.29 is 9.18 Å². The lowest BCUT2D eigenvalue weighted by Crippen LogP contribution is -2.48. The normalized spacial score (nSPS) is 18.9. The molecule has 1 saturated carbocycles. The maximum absolute atomic E-state index is 13.1. The Bertz CT molecular complexity index is 793. The molecular weight excluding hydrogens is 385 g/mol. The van der Waals surface area contributed by atoms with Crippen LogP contribution < -0.4 is 0 Å². The minimum atomic E-state index is -0.227. The fourth-order valence-electron chi connectivity index (χ4n) is 4.44. The summed E-state index contributed by atoms with van der Waals surface area (Å²) in [5.41, 5.74) is 1.85. The molecule has 1 aliphatic heterocycles. The number of aromatic nitrogens is 1. The van der Waals surface area contributed by atoms with E-state index in [-0.39, 0.29) is 5.82 Å². The third-order valence-electron chi connectivity index (χ3n) is 6.27. The predicted molar refractivity (Wildman–Crippen MR) is 115 cm³/mol. The first-order valence-corrected chi connectivity index (χ1v) is 11.8. The highest BCUT2D eigenvalue weighted by Crippen LogP contribution is 2.28. The van der Waals surface area contributed by atoms with Gasteiger partial charge in [-0.1, -0.05) is 32.1 Å². The maximum atomic E-state index is 13.1. The Labute approximate surface area is 176 Å². The first kappa shape index (κ1) is 20.5. The van der Waals surface area contributed by atoms with Gasteiger partial charge in [-0.05, 0) is 36.6 Å². The van der Waals surface area contributed by atoms with Crippen LogP contribution in [0.2, 0.25) is 0 Å². The highest BCUT2D eigenvalue weighted by atomic mass is 32.1. The molecule has 4 nitrogen and oxygen atoms in total.